The second kappa shape index (κ2) is 6.85. The number of hydrogen-bond acceptors (Lipinski definition) is 3. The van der Waals surface area contributed by atoms with Gasteiger partial charge in [-0.1, -0.05) is 44.3 Å². The van der Waals surface area contributed by atoms with Gasteiger partial charge < -0.3 is 11.1 Å². The quantitative estimate of drug-likeness (QED) is 0.810. The molecule has 1 aromatic rings. The van der Waals surface area contributed by atoms with Gasteiger partial charge in [0.1, 0.15) is 10.8 Å². The molecule has 0 saturated heterocycles. The number of rotatable bonds is 5. The second-order valence-corrected chi connectivity index (χ2v) is 5.91. The molecule has 1 fully saturated rings. The van der Waals surface area contributed by atoms with Crippen molar-refractivity contribution < 1.29 is 0 Å². The SMILES string of the molecule is Cc1cc(C(N)=S)cc(NCCC2CCCCC2)n1. The van der Waals surface area contributed by atoms with Crippen LogP contribution in [0.3, 0.4) is 0 Å². The average Bonchev–Trinajstić information content (AvgIpc) is 2.39. The Hall–Kier alpha value is -1.16. The monoisotopic (exact) mass is 277 g/mol. The van der Waals surface area contributed by atoms with E-state index in [1.807, 2.05) is 19.1 Å². The van der Waals surface area contributed by atoms with Crippen LogP contribution in [-0.2, 0) is 0 Å². The lowest BCUT2D eigenvalue weighted by Crippen LogP contribution is -2.14. The average molecular weight is 277 g/mol. The van der Waals surface area contributed by atoms with Crippen molar-refractivity contribution in [2.24, 2.45) is 11.7 Å². The Bertz CT molecular complexity index is 439. The summed E-state index contributed by atoms with van der Waals surface area (Å²) in [7, 11) is 0. The number of thiocarbonyl (C=S) groups is 1. The van der Waals surface area contributed by atoms with Crippen molar-refractivity contribution in [1.29, 1.82) is 0 Å². The van der Waals surface area contributed by atoms with Crippen molar-refractivity contribution >= 4 is 23.0 Å². The normalized spacial score (nSPS) is 16.3. The third kappa shape index (κ3) is 4.46. The maximum atomic E-state index is 5.67. The van der Waals surface area contributed by atoms with E-state index < -0.39 is 0 Å². The van der Waals surface area contributed by atoms with Crippen LogP contribution in [0.1, 0.15) is 49.8 Å². The van der Waals surface area contributed by atoms with Gasteiger partial charge in [-0.3, -0.25) is 0 Å². The maximum absolute atomic E-state index is 5.67. The number of nitrogens with two attached hydrogens (primary N) is 1. The summed E-state index contributed by atoms with van der Waals surface area (Å²) in [4.78, 5) is 4.90. The number of hydrogen-bond donors (Lipinski definition) is 2. The molecule has 104 valence electrons. The summed E-state index contributed by atoms with van der Waals surface area (Å²) in [6, 6.07) is 3.87. The molecule has 1 saturated carbocycles. The van der Waals surface area contributed by atoms with Crippen molar-refractivity contribution in [2.45, 2.75) is 45.4 Å². The molecular weight excluding hydrogens is 254 g/mol. The maximum Gasteiger partial charge on any atom is 0.126 e. The lowest BCUT2D eigenvalue weighted by Gasteiger charge is -2.21. The van der Waals surface area contributed by atoms with Crippen molar-refractivity contribution in [1.82, 2.24) is 4.98 Å². The zero-order chi connectivity index (χ0) is 13.7. The highest BCUT2D eigenvalue weighted by atomic mass is 32.1. The van der Waals surface area contributed by atoms with Gasteiger partial charge >= 0.3 is 0 Å². The van der Waals surface area contributed by atoms with Crippen LogP contribution in [-0.4, -0.2) is 16.5 Å². The van der Waals surface area contributed by atoms with E-state index in [0.717, 1.165) is 29.5 Å². The number of anilines is 1. The van der Waals surface area contributed by atoms with Crippen LogP contribution < -0.4 is 11.1 Å². The van der Waals surface area contributed by atoms with Crippen LogP contribution in [0.4, 0.5) is 5.82 Å². The van der Waals surface area contributed by atoms with Crippen LogP contribution in [0, 0.1) is 12.8 Å². The highest BCUT2D eigenvalue weighted by Crippen LogP contribution is 2.26. The minimum atomic E-state index is 0.431. The molecule has 19 heavy (non-hydrogen) atoms. The zero-order valence-electron chi connectivity index (χ0n) is 11.6. The first kappa shape index (κ1) is 14.3. The van der Waals surface area contributed by atoms with E-state index in [4.69, 9.17) is 18.0 Å². The first-order chi connectivity index (χ1) is 9.15. The Labute approximate surface area is 121 Å². The lowest BCUT2D eigenvalue weighted by molar-refractivity contribution is 0.345. The fourth-order valence-corrected chi connectivity index (χ4v) is 2.90. The van der Waals surface area contributed by atoms with Gasteiger partial charge in [-0.15, -0.1) is 0 Å². The minimum absolute atomic E-state index is 0.431. The Morgan fingerprint density at radius 2 is 2.11 bits per heavy atom. The van der Waals surface area contributed by atoms with Gasteiger partial charge in [0.25, 0.3) is 0 Å². The summed E-state index contributed by atoms with van der Waals surface area (Å²) in [5, 5.41) is 3.40. The summed E-state index contributed by atoms with van der Waals surface area (Å²) >= 11 is 5.02. The van der Waals surface area contributed by atoms with E-state index in [2.05, 4.69) is 10.3 Å². The van der Waals surface area contributed by atoms with Crippen molar-refractivity contribution in [3.63, 3.8) is 0 Å². The standard InChI is InChI=1S/C15H23N3S/c1-11-9-13(15(16)19)10-14(18-11)17-8-7-12-5-3-2-4-6-12/h9-10,12H,2-8H2,1H3,(H2,16,19)(H,17,18). The Kier molecular flexibility index (Phi) is 5.14. The summed E-state index contributed by atoms with van der Waals surface area (Å²) in [6.45, 7) is 2.95. The Morgan fingerprint density at radius 1 is 1.37 bits per heavy atom. The molecule has 0 amide bonds. The molecule has 0 spiro atoms. The van der Waals surface area contributed by atoms with Gasteiger partial charge in [-0.2, -0.15) is 0 Å². The Balaban J connectivity index is 1.86. The predicted octanol–water partition coefficient (Wildman–Crippen LogP) is 3.41. The largest absolute Gasteiger partial charge is 0.389 e. The number of nitrogens with zero attached hydrogens (tertiary/aromatic N) is 1. The third-order valence-electron chi connectivity index (χ3n) is 3.82. The molecule has 1 heterocycles. The zero-order valence-corrected chi connectivity index (χ0v) is 12.4. The molecule has 0 aromatic carbocycles. The van der Waals surface area contributed by atoms with E-state index in [1.165, 1.54) is 38.5 Å². The summed E-state index contributed by atoms with van der Waals surface area (Å²) in [5.41, 5.74) is 7.51. The molecule has 0 radical (unpaired) electrons. The molecule has 3 nitrogen and oxygen atoms in total. The molecule has 0 unspecified atom stereocenters. The van der Waals surface area contributed by atoms with Crippen LogP contribution in [0.5, 0.6) is 0 Å². The van der Waals surface area contributed by atoms with Crippen molar-refractivity contribution in [3.05, 3.63) is 23.4 Å². The number of nitrogens with one attached hydrogen (secondary N) is 1. The van der Waals surface area contributed by atoms with Crippen LogP contribution >= 0.6 is 12.2 Å². The molecule has 0 aliphatic heterocycles. The topological polar surface area (TPSA) is 50.9 Å². The van der Waals surface area contributed by atoms with Crippen molar-refractivity contribution in [3.8, 4) is 0 Å². The summed E-state index contributed by atoms with van der Waals surface area (Å²) < 4.78 is 0. The number of pyridine rings is 1. The first-order valence-electron chi connectivity index (χ1n) is 7.17. The minimum Gasteiger partial charge on any atom is -0.389 e. The molecule has 3 N–H and O–H groups in total. The molecule has 4 heteroatoms. The highest BCUT2D eigenvalue weighted by molar-refractivity contribution is 7.80. The Morgan fingerprint density at radius 3 is 2.79 bits per heavy atom. The van der Waals surface area contributed by atoms with Crippen molar-refractivity contribution in [2.75, 3.05) is 11.9 Å². The van der Waals surface area contributed by atoms with Gasteiger partial charge in [0, 0.05) is 17.8 Å². The fourth-order valence-electron chi connectivity index (χ4n) is 2.78. The summed E-state index contributed by atoms with van der Waals surface area (Å²) in [5.74, 6) is 1.78. The molecule has 0 atom stereocenters. The third-order valence-corrected chi connectivity index (χ3v) is 4.06. The molecule has 2 rings (SSSR count). The van der Waals surface area contributed by atoms with E-state index in [-0.39, 0.29) is 0 Å². The fraction of sp³-hybridized carbons (Fsp3) is 0.600. The van der Waals surface area contributed by atoms with Gasteiger partial charge in [0.15, 0.2) is 0 Å². The molecule has 1 aromatic heterocycles. The van der Waals surface area contributed by atoms with E-state index in [1.54, 1.807) is 0 Å². The van der Waals surface area contributed by atoms with Crippen LogP contribution in [0.15, 0.2) is 12.1 Å². The summed E-state index contributed by atoms with van der Waals surface area (Å²) in [6.07, 6.45) is 8.23. The van der Waals surface area contributed by atoms with Crippen LogP contribution in [0.2, 0.25) is 0 Å². The molecular formula is C15H23N3S. The van der Waals surface area contributed by atoms with Gasteiger partial charge in [0.05, 0.1) is 0 Å². The van der Waals surface area contributed by atoms with Gasteiger partial charge in [-0.05, 0) is 31.4 Å². The first-order valence-corrected chi connectivity index (χ1v) is 7.58. The van der Waals surface area contributed by atoms with Gasteiger partial charge in [-0.25, -0.2) is 4.98 Å². The lowest BCUT2D eigenvalue weighted by atomic mass is 9.87. The number of aromatic nitrogens is 1. The van der Waals surface area contributed by atoms with E-state index in [9.17, 15) is 0 Å². The van der Waals surface area contributed by atoms with E-state index >= 15 is 0 Å². The molecule has 1 aliphatic carbocycles. The predicted molar refractivity (Wildman–Crippen MR) is 84.5 cm³/mol. The number of aryl methyl sites for hydroxylation is 1. The van der Waals surface area contributed by atoms with Crippen LogP contribution in [0.25, 0.3) is 0 Å². The molecule has 0 bridgehead atoms. The van der Waals surface area contributed by atoms with E-state index in [0.29, 0.717) is 4.99 Å². The molecule has 1 aliphatic rings. The smallest absolute Gasteiger partial charge is 0.126 e. The van der Waals surface area contributed by atoms with Gasteiger partial charge in [0.2, 0.25) is 0 Å². The highest BCUT2D eigenvalue weighted by Gasteiger charge is 2.12. The second-order valence-electron chi connectivity index (χ2n) is 5.47.